The van der Waals surface area contributed by atoms with Crippen molar-refractivity contribution in [3.63, 3.8) is 0 Å². The zero-order chi connectivity index (χ0) is 22.2. The molecule has 3 aliphatic rings. The van der Waals surface area contributed by atoms with E-state index in [-0.39, 0.29) is 36.3 Å². The molecule has 9 heteroatoms. The summed E-state index contributed by atoms with van der Waals surface area (Å²) < 4.78 is 0. The fourth-order valence-corrected chi connectivity index (χ4v) is 5.61. The summed E-state index contributed by atoms with van der Waals surface area (Å²) in [5.74, 6) is -0.230. The molecule has 8 nitrogen and oxygen atoms in total. The van der Waals surface area contributed by atoms with Crippen molar-refractivity contribution in [2.75, 3.05) is 31.1 Å². The zero-order valence-corrected chi connectivity index (χ0v) is 18.5. The highest BCUT2D eigenvalue weighted by atomic mass is 32.1. The highest BCUT2D eigenvalue weighted by Crippen LogP contribution is 2.28. The summed E-state index contributed by atoms with van der Waals surface area (Å²) in [4.78, 5) is 59.5. The molecule has 3 amide bonds. The van der Waals surface area contributed by atoms with Crippen LogP contribution in [0, 0.1) is 0 Å². The van der Waals surface area contributed by atoms with E-state index in [1.54, 1.807) is 24.3 Å². The molecule has 0 radical (unpaired) electrons. The van der Waals surface area contributed by atoms with Crippen molar-refractivity contribution < 1.29 is 19.2 Å². The first-order chi connectivity index (χ1) is 15.5. The third-order valence-corrected chi connectivity index (χ3v) is 7.38. The van der Waals surface area contributed by atoms with Gasteiger partial charge in [-0.1, -0.05) is 0 Å². The molecule has 1 aromatic carbocycles. The number of thiazole rings is 1. The first-order valence-electron chi connectivity index (χ1n) is 11.0. The van der Waals surface area contributed by atoms with Gasteiger partial charge in [-0.05, 0) is 37.1 Å². The van der Waals surface area contributed by atoms with Crippen LogP contribution in [0.1, 0.15) is 56.4 Å². The molecular weight excluding hydrogens is 428 g/mol. The van der Waals surface area contributed by atoms with Crippen LogP contribution in [-0.2, 0) is 22.6 Å². The first kappa shape index (κ1) is 21.0. The number of carbonyl (C=O) groups is 4. The lowest BCUT2D eigenvalue weighted by Crippen LogP contribution is -2.48. The summed E-state index contributed by atoms with van der Waals surface area (Å²) >= 11 is 1.52. The molecule has 2 saturated heterocycles. The number of piperazine rings is 1. The van der Waals surface area contributed by atoms with E-state index in [9.17, 15) is 19.2 Å². The Labute approximate surface area is 189 Å². The van der Waals surface area contributed by atoms with Crippen LogP contribution in [0.25, 0.3) is 0 Å². The van der Waals surface area contributed by atoms with Crippen LogP contribution in [0.3, 0.4) is 0 Å². The normalized spacial score (nSPS) is 19.6. The molecule has 32 heavy (non-hydrogen) atoms. The Morgan fingerprint density at radius 1 is 0.906 bits per heavy atom. The predicted octanol–water partition coefficient (Wildman–Crippen LogP) is 2.27. The van der Waals surface area contributed by atoms with Gasteiger partial charge in [-0.2, -0.15) is 0 Å². The highest BCUT2D eigenvalue weighted by molar-refractivity contribution is 7.13. The van der Waals surface area contributed by atoms with Gasteiger partial charge in [0.2, 0.25) is 11.8 Å². The first-order valence-corrected chi connectivity index (χ1v) is 11.8. The topological polar surface area (TPSA) is 90.9 Å². The molecule has 5 rings (SSSR count). The molecule has 0 atom stereocenters. The van der Waals surface area contributed by atoms with E-state index >= 15 is 0 Å². The third kappa shape index (κ3) is 3.98. The number of Topliss-reactive ketones (excluding diaryl/α,β-unsaturated/α-hetero) is 1. The lowest BCUT2D eigenvalue weighted by molar-refractivity contribution is -0.121. The van der Waals surface area contributed by atoms with E-state index < -0.39 is 0 Å². The number of rotatable bonds is 4. The summed E-state index contributed by atoms with van der Waals surface area (Å²) in [6, 6.07) is 6.69. The number of hydrogen-bond donors (Lipinski definition) is 0. The minimum absolute atomic E-state index is 0.0504. The number of aryl methyl sites for hydroxylation is 1. The van der Waals surface area contributed by atoms with E-state index in [1.165, 1.54) is 16.2 Å². The van der Waals surface area contributed by atoms with Crippen LogP contribution in [-0.4, -0.2) is 64.5 Å². The largest absolute Gasteiger partial charge is 0.336 e. The molecule has 1 aliphatic carbocycles. The minimum atomic E-state index is -0.198. The van der Waals surface area contributed by atoms with E-state index in [0.717, 1.165) is 41.5 Å². The summed E-state index contributed by atoms with van der Waals surface area (Å²) in [6.45, 7) is 3.44. The molecule has 0 unspecified atom stereocenters. The average molecular weight is 453 g/mol. The van der Waals surface area contributed by atoms with Crippen molar-refractivity contribution in [3.05, 3.63) is 45.4 Å². The molecular formula is C23H24N4O4S. The molecule has 3 heterocycles. The highest BCUT2D eigenvalue weighted by Gasteiger charge is 2.31. The molecule has 0 saturated carbocycles. The Morgan fingerprint density at radius 2 is 1.59 bits per heavy atom. The number of hydrogen-bond acceptors (Lipinski definition) is 7. The quantitative estimate of drug-likeness (QED) is 0.661. The van der Waals surface area contributed by atoms with Gasteiger partial charge in [-0.3, -0.25) is 29.0 Å². The summed E-state index contributed by atoms with van der Waals surface area (Å²) in [7, 11) is 0. The molecule has 1 aromatic heterocycles. The van der Waals surface area contributed by atoms with Crippen LogP contribution in [0.4, 0.5) is 5.69 Å². The van der Waals surface area contributed by atoms with Crippen LogP contribution in [0.2, 0.25) is 0 Å². The molecule has 0 spiro atoms. The number of nitrogens with zero attached hydrogens (tertiary/aromatic N) is 4. The number of imide groups is 1. The van der Waals surface area contributed by atoms with Crippen molar-refractivity contribution in [1.29, 1.82) is 0 Å². The average Bonchev–Trinajstić information content (AvgIpc) is 3.37. The Balaban J connectivity index is 1.17. The molecule has 0 bridgehead atoms. The monoisotopic (exact) mass is 452 g/mol. The number of fused-ring (bicyclic) bond motifs is 1. The van der Waals surface area contributed by atoms with Gasteiger partial charge in [0.05, 0.1) is 22.8 Å². The lowest BCUT2D eigenvalue weighted by atomic mass is 10.0. The number of aromatic nitrogens is 1. The van der Waals surface area contributed by atoms with E-state index in [2.05, 4.69) is 9.88 Å². The smallest absolute Gasteiger partial charge is 0.253 e. The second-order valence-corrected chi connectivity index (χ2v) is 9.48. The van der Waals surface area contributed by atoms with Gasteiger partial charge in [-0.25, -0.2) is 4.98 Å². The van der Waals surface area contributed by atoms with E-state index in [0.29, 0.717) is 37.3 Å². The molecule has 166 valence electrons. The van der Waals surface area contributed by atoms with Crippen molar-refractivity contribution in [2.45, 2.75) is 38.6 Å². The van der Waals surface area contributed by atoms with Crippen molar-refractivity contribution in [1.82, 2.24) is 14.8 Å². The van der Waals surface area contributed by atoms with Crippen LogP contribution in [0.5, 0.6) is 0 Å². The number of ketones is 1. The van der Waals surface area contributed by atoms with Crippen LogP contribution in [0.15, 0.2) is 24.3 Å². The van der Waals surface area contributed by atoms with Gasteiger partial charge in [0.25, 0.3) is 5.91 Å². The van der Waals surface area contributed by atoms with Gasteiger partial charge in [-0.15, -0.1) is 11.3 Å². The second-order valence-electron chi connectivity index (χ2n) is 8.40. The van der Waals surface area contributed by atoms with E-state index in [4.69, 9.17) is 0 Å². The predicted molar refractivity (Wildman–Crippen MR) is 119 cm³/mol. The number of benzene rings is 1. The number of anilines is 1. The fraction of sp³-hybridized carbons (Fsp3) is 0.435. The minimum Gasteiger partial charge on any atom is -0.336 e. The van der Waals surface area contributed by atoms with E-state index in [1.807, 2.05) is 4.90 Å². The SMILES string of the molecule is O=C1CCCc2nc(CN3CCN(C(=O)c4ccc(N5C(=O)CCC5=O)cc4)CC3)sc21. The standard InChI is InChI=1S/C23H24N4O4S/c28-18-3-1-2-17-22(18)32-19(24-17)14-25-10-12-26(13-11-25)23(31)15-4-6-16(7-5-15)27-20(29)8-9-21(27)30/h4-7H,1-3,8-14H2. The summed E-state index contributed by atoms with van der Waals surface area (Å²) in [5.41, 5.74) is 2.02. The fourth-order valence-electron chi connectivity index (χ4n) is 4.49. The Morgan fingerprint density at radius 3 is 2.25 bits per heavy atom. The third-order valence-electron chi connectivity index (χ3n) is 6.25. The number of carbonyl (C=O) groups excluding carboxylic acids is 4. The van der Waals surface area contributed by atoms with Crippen molar-refractivity contribution in [3.8, 4) is 0 Å². The summed E-state index contributed by atoms with van der Waals surface area (Å²) in [6.07, 6.45) is 2.88. The maximum absolute atomic E-state index is 12.9. The Bertz CT molecular complexity index is 1070. The number of amides is 3. The Hall–Kier alpha value is -2.91. The van der Waals surface area contributed by atoms with Crippen LogP contribution >= 0.6 is 11.3 Å². The molecule has 2 fully saturated rings. The summed E-state index contributed by atoms with van der Waals surface area (Å²) in [5, 5.41) is 0.978. The van der Waals surface area contributed by atoms with Crippen LogP contribution < -0.4 is 4.90 Å². The van der Waals surface area contributed by atoms with Gasteiger partial charge in [0, 0.05) is 51.0 Å². The zero-order valence-electron chi connectivity index (χ0n) is 17.7. The second kappa shape index (κ2) is 8.55. The van der Waals surface area contributed by atoms with Gasteiger partial charge in [0.15, 0.2) is 5.78 Å². The van der Waals surface area contributed by atoms with Gasteiger partial charge < -0.3 is 4.90 Å². The maximum Gasteiger partial charge on any atom is 0.253 e. The Kier molecular flexibility index (Phi) is 5.60. The molecule has 2 aliphatic heterocycles. The van der Waals surface area contributed by atoms with Crippen molar-refractivity contribution >= 4 is 40.5 Å². The lowest BCUT2D eigenvalue weighted by Gasteiger charge is -2.34. The molecule has 0 N–H and O–H groups in total. The van der Waals surface area contributed by atoms with Gasteiger partial charge >= 0.3 is 0 Å². The maximum atomic E-state index is 12.9. The van der Waals surface area contributed by atoms with Gasteiger partial charge in [0.1, 0.15) is 5.01 Å². The van der Waals surface area contributed by atoms with Crippen molar-refractivity contribution in [2.24, 2.45) is 0 Å². The molecule has 2 aromatic rings.